The van der Waals surface area contributed by atoms with Crippen molar-refractivity contribution in [3.05, 3.63) is 70.2 Å². The third kappa shape index (κ3) is 5.04. The summed E-state index contributed by atoms with van der Waals surface area (Å²) in [5.74, 6) is 2.99. The number of hydrogen-bond acceptors (Lipinski definition) is 7. The van der Waals surface area contributed by atoms with Crippen LogP contribution < -0.4 is 21.6 Å². The number of pyridine rings is 2. The lowest BCUT2D eigenvalue weighted by Gasteiger charge is -2.26. The zero-order valence-electron chi connectivity index (χ0n) is 23.3. The van der Waals surface area contributed by atoms with Gasteiger partial charge in [-0.25, -0.2) is 4.98 Å². The number of benzene rings is 1. The fraction of sp³-hybridized carbons (Fsp3) is 0.419. The Kier molecular flexibility index (Phi) is 6.55. The Morgan fingerprint density at radius 2 is 2.05 bits per heavy atom. The SMILES string of the molecule is C#Cc1cnc2c(Cl)cc(N[C@H](C3=CN(C4(C5CC5)CC4)NN3)c3ccc(F)nc3C)cc2c1NCC(C)(C)C. The Bertz CT molecular complexity index is 1550. The number of anilines is 2. The zero-order valence-corrected chi connectivity index (χ0v) is 24.1. The molecule has 0 radical (unpaired) electrons. The van der Waals surface area contributed by atoms with E-state index in [9.17, 15) is 4.39 Å². The van der Waals surface area contributed by atoms with Gasteiger partial charge in [-0.05, 0) is 62.1 Å². The van der Waals surface area contributed by atoms with E-state index < -0.39 is 5.95 Å². The van der Waals surface area contributed by atoms with Crippen molar-refractivity contribution in [1.29, 1.82) is 0 Å². The number of nitrogens with one attached hydrogen (secondary N) is 4. The maximum Gasteiger partial charge on any atom is 0.213 e. The van der Waals surface area contributed by atoms with Gasteiger partial charge >= 0.3 is 0 Å². The molecule has 1 atom stereocenters. The molecular formula is C31H35ClFN7. The average molecular weight is 560 g/mol. The number of hydrazine groups is 2. The molecule has 0 spiro atoms. The van der Waals surface area contributed by atoms with E-state index in [0.29, 0.717) is 21.8 Å². The van der Waals surface area contributed by atoms with Gasteiger partial charge in [-0.15, -0.1) is 12.0 Å². The van der Waals surface area contributed by atoms with Crippen molar-refractivity contribution in [3.8, 4) is 12.3 Å². The molecule has 2 fully saturated rings. The monoisotopic (exact) mass is 559 g/mol. The van der Waals surface area contributed by atoms with Gasteiger partial charge in [0.25, 0.3) is 0 Å². The van der Waals surface area contributed by atoms with Gasteiger partial charge in [0.15, 0.2) is 0 Å². The van der Waals surface area contributed by atoms with Crippen LogP contribution in [-0.2, 0) is 0 Å². The Morgan fingerprint density at radius 3 is 2.70 bits per heavy atom. The van der Waals surface area contributed by atoms with Crippen LogP contribution in [0.3, 0.4) is 0 Å². The first kappa shape index (κ1) is 26.7. The summed E-state index contributed by atoms with van der Waals surface area (Å²) in [5, 5.41) is 10.8. The van der Waals surface area contributed by atoms with Crippen LogP contribution in [0.4, 0.5) is 15.8 Å². The molecule has 2 saturated carbocycles. The summed E-state index contributed by atoms with van der Waals surface area (Å²) >= 11 is 6.80. The number of aromatic nitrogens is 2. The highest BCUT2D eigenvalue weighted by Crippen LogP contribution is 2.57. The second-order valence-electron chi connectivity index (χ2n) is 12.4. The molecule has 40 heavy (non-hydrogen) atoms. The molecule has 1 aliphatic heterocycles. The molecule has 3 aromatic rings. The molecule has 6 rings (SSSR count). The maximum absolute atomic E-state index is 14.0. The molecule has 0 saturated heterocycles. The van der Waals surface area contributed by atoms with Crippen molar-refractivity contribution in [1.82, 2.24) is 25.9 Å². The fourth-order valence-corrected chi connectivity index (χ4v) is 5.91. The molecule has 0 unspecified atom stereocenters. The van der Waals surface area contributed by atoms with E-state index in [1.807, 2.05) is 19.1 Å². The highest BCUT2D eigenvalue weighted by Gasteiger charge is 2.58. The van der Waals surface area contributed by atoms with Gasteiger partial charge in [0.2, 0.25) is 5.95 Å². The van der Waals surface area contributed by atoms with E-state index in [4.69, 9.17) is 18.0 Å². The molecule has 208 valence electrons. The van der Waals surface area contributed by atoms with E-state index in [0.717, 1.165) is 40.5 Å². The molecule has 2 aliphatic carbocycles. The number of fused-ring (bicyclic) bond motifs is 1. The van der Waals surface area contributed by atoms with Crippen molar-refractivity contribution in [2.75, 3.05) is 17.2 Å². The van der Waals surface area contributed by atoms with Crippen LogP contribution in [0.1, 0.15) is 69.3 Å². The summed E-state index contributed by atoms with van der Waals surface area (Å²) in [6.07, 6.45) is 14.6. The molecule has 2 aromatic heterocycles. The quantitative estimate of drug-likeness (QED) is 0.187. The lowest BCUT2D eigenvalue weighted by atomic mass is 9.96. The lowest BCUT2D eigenvalue weighted by molar-refractivity contribution is 0.156. The van der Waals surface area contributed by atoms with Crippen LogP contribution in [0, 0.1) is 36.5 Å². The van der Waals surface area contributed by atoms with Crippen molar-refractivity contribution in [2.24, 2.45) is 11.3 Å². The fourth-order valence-electron chi connectivity index (χ4n) is 5.64. The zero-order chi connectivity index (χ0) is 28.2. The second-order valence-corrected chi connectivity index (χ2v) is 12.8. The van der Waals surface area contributed by atoms with Gasteiger partial charge in [0, 0.05) is 41.3 Å². The van der Waals surface area contributed by atoms with Crippen molar-refractivity contribution in [2.45, 2.75) is 65.0 Å². The average Bonchev–Trinajstić information content (AvgIpc) is 3.83. The smallest absolute Gasteiger partial charge is 0.213 e. The summed E-state index contributed by atoms with van der Waals surface area (Å²) in [6.45, 7) is 9.04. The predicted octanol–water partition coefficient (Wildman–Crippen LogP) is 6.43. The summed E-state index contributed by atoms with van der Waals surface area (Å²) in [6, 6.07) is 6.73. The van der Waals surface area contributed by atoms with Crippen LogP contribution in [-0.4, -0.2) is 27.1 Å². The van der Waals surface area contributed by atoms with Crippen molar-refractivity contribution < 1.29 is 4.39 Å². The van der Waals surface area contributed by atoms with Gasteiger partial charge in [-0.1, -0.05) is 44.4 Å². The van der Waals surface area contributed by atoms with Crippen LogP contribution in [0.2, 0.25) is 5.02 Å². The first-order chi connectivity index (χ1) is 19.1. The highest BCUT2D eigenvalue weighted by atomic mass is 35.5. The second kappa shape index (κ2) is 9.83. The maximum atomic E-state index is 14.0. The van der Waals surface area contributed by atoms with Gasteiger partial charge in [0.05, 0.1) is 39.1 Å². The lowest BCUT2D eigenvalue weighted by Crippen LogP contribution is -2.46. The number of aryl methyl sites for hydroxylation is 1. The molecule has 4 N–H and O–H groups in total. The standard InChI is InChI=1S/C31H35ClFN7/c1-6-19-15-34-28-23(27(19)35-17-30(3,4)5)13-21(14-24(28)32)37-29(22-9-10-26(33)36-18(22)2)25-16-40(39-38-25)31(11-12-31)20-7-8-20/h1,9-10,13-16,20,29,37-39H,7-8,11-12,17H2,2-5H3,(H,34,35)/t29-/m0/s1. The Balaban J connectivity index is 1.40. The van der Waals surface area contributed by atoms with Gasteiger partial charge < -0.3 is 16.1 Å². The van der Waals surface area contributed by atoms with E-state index in [1.165, 1.54) is 31.7 Å². The topological polar surface area (TPSA) is 77.1 Å². The number of terminal acetylenes is 1. The first-order valence-electron chi connectivity index (χ1n) is 13.8. The molecule has 7 nitrogen and oxygen atoms in total. The van der Waals surface area contributed by atoms with Gasteiger partial charge in [-0.3, -0.25) is 9.99 Å². The first-order valence-corrected chi connectivity index (χ1v) is 14.2. The minimum atomic E-state index is -0.505. The van der Waals surface area contributed by atoms with Crippen LogP contribution in [0.5, 0.6) is 0 Å². The van der Waals surface area contributed by atoms with Crippen LogP contribution in [0.25, 0.3) is 10.9 Å². The van der Waals surface area contributed by atoms with Gasteiger partial charge in [-0.2, -0.15) is 4.39 Å². The summed E-state index contributed by atoms with van der Waals surface area (Å²) in [4.78, 5) is 8.68. The van der Waals surface area contributed by atoms with Crippen LogP contribution >= 0.6 is 11.6 Å². The Hall–Kier alpha value is -3.54. The summed E-state index contributed by atoms with van der Waals surface area (Å²) in [7, 11) is 0. The largest absolute Gasteiger partial charge is 0.383 e. The number of nitrogens with zero attached hydrogens (tertiary/aromatic N) is 3. The van der Waals surface area contributed by atoms with E-state index in [2.05, 4.69) is 69.5 Å². The Labute approximate surface area is 239 Å². The predicted molar refractivity (Wildman–Crippen MR) is 159 cm³/mol. The number of halogens is 2. The van der Waals surface area contributed by atoms with E-state index >= 15 is 0 Å². The minimum Gasteiger partial charge on any atom is -0.383 e. The van der Waals surface area contributed by atoms with Gasteiger partial charge in [0.1, 0.15) is 0 Å². The molecule has 1 aromatic carbocycles. The van der Waals surface area contributed by atoms with Crippen LogP contribution in [0.15, 0.2) is 42.4 Å². The highest BCUT2D eigenvalue weighted by molar-refractivity contribution is 6.35. The Morgan fingerprint density at radius 1 is 1.27 bits per heavy atom. The molecule has 3 aliphatic rings. The van der Waals surface area contributed by atoms with Crippen molar-refractivity contribution >= 4 is 33.9 Å². The van der Waals surface area contributed by atoms with Crippen molar-refractivity contribution in [3.63, 3.8) is 0 Å². The normalized spacial score (nSPS) is 18.6. The molecule has 9 heteroatoms. The molecule has 3 heterocycles. The third-order valence-corrected chi connectivity index (χ3v) is 8.36. The van der Waals surface area contributed by atoms with E-state index in [-0.39, 0.29) is 17.0 Å². The summed E-state index contributed by atoms with van der Waals surface area (Å²) in [5.41, 5.74) is 12.3. The third-order valence-electron chi connectivity index (χ3n) is 8.07. The summed E-state index contributed by atoms with van der Waals surface area (Å²) < 4.78 is 14.0. The van der Waals surface area contributed by atoms with E-state index in [1.54, 1.807) is 12.3 Å². The molecular weight excluding hydrogens is 525 g/mol. The number of hydrogen-bond donors (Lipinski definition) is 4. The minimum absolute atomic E-state index is 0.0399. The molecule has 0 amide bonds. The number of rotatable bonds is 8. The molecule has 0 bridgehead atoms.